The summed E-state index contributed by atoms with van der Waals surface area (Å²) in [4.78, 5) is 28.7. The number of benzene rings is 2. The predicted octanol–water partition coefficient (Wildman–Crippen LogP) is 4.69. The fraction of sp³-hybridized carbons (Fsp3) is 0.357. The van der Waals surface area contributed by atoms with E-state index in [4.69, 9.17) is 9.47 Å². The number of ether oxygens (including phenoxy) is 2. The van der Waals surface area contributed by atoms with Crippen molar-refractivity contribution in [1.82, 2.24) is 5.32 Å². The van der Waals surface area contributed by atoms with Crippen LogP contribution in [0.5, 0.6) is 5.75 Å². The molecular weight excluding hydrogens is 428 g/mol. The van der Waals surface area contributed by atoms with Gasteiger partial charge in [0.1, 0.15) is 5.75 Å². The number of esters is 1. The lowest BCUT2D eigenvalue weighted by molar-refractivity contribution is -0.138. The smallest absolute Gasteiger partial charge is 0.336 e. The number of methoxy groups -OCH3 is 1. The van der Waals surface area contributed by atoms with Crippen molar-refractivity contribution < 1.29 is 19.1 Å². The van der Waals surface area contributed by atoms with Gasteiger partial charge >= 0.3 is 5.97 Å². The van der Waals surface area contributed by atoms with Gasteiger partial charge in [0.25, 0.3) is 0 Å². The first-order chi connectivity index (χ1) is 16.3. The van der Waals surface area contributed by atoms with Crippen LogP contribution in [-0.4, -0.2) is 39.6 Å². The van der Waals surface area contributed by atoms with Gasteiger partial charge < -0.3 is 19.7 Å². The lowest BCUT2D eigenvalue weighted by Crippen LogP contribution is -2.36. The number of dihydropyridines is 1. The Hall–Kier alpha value is -3.54. The molecule has 0 radical (unpaired) electrons. The number of nitrogens with zero attached hydrogens (tertiary/aromatic N) is 1. The minimum absolute atomic E-state index is 0.0533. The summed E-state index contributed by atoms with van der Waals surface area (Å²) in [5.41, 5.74) is 5.86. The molecule has 0 saturated heterocycles. The maximum absolute atomic E-state index is 13.6. The van der Waals surface area contributed by atoms with Crippen molar-refractivity contribution in [2.75, 3.05) is 32.7 Å². The van der Waals surface area contributed by atoms with Gasteiger partial charge in [0.15, 0.2) is 5.78 Å². The van der Waals surface area contributed by atoms with E-state index in [1.807, 2.05) is 45.3 Å². The lowest BCUT2D eigenvalue weighted by atomic mass is 9.71. The highest BCUT2D eigenvalue weighted by Gasteiger charge is 2.41. The zero-order chi connectivity index (χ0) is 24.4. The van der Waals surface area contributed by atoms with E-state index in [1.165, 1.54) is 0 Å². The Bertz CT molecular complexity index is 1160. The molecule has 6 nitrogen and oxygen atoms in total. The molecule has 1 heterocycles. The zero-order valence-electron chi connectivity index (χ0n) is 20.5. The van der Waals surface area contributed by atoms with E-state index in [9.17, 15) is 9.59 Å². The highest BCUT2D eigenvalue weighted by atomic mass is 16.5. The van der Waals surface area contributed by atoms with Crippen molar-refractivity contribution in [2.45, 2.75) is 38.5 Å². The van der Waals surface area contributed by atoms with Crippen molar-refractivity contribution in [3.8, 4) is 5.75 Å². The van der Waals surface area contributed by atoms with Crippen LogP contribution in [0.15, 0.2) is 71.1 Å². The molecule has 2 aliphatic rings. The molecule has 6 heteroatoms. The van der Waals surface area contributed by atoms with Gasteiger partial charge in [0, 0.05) is 49.1 Å². The molecule has 2 aromatic rings. The van der Waals surface area contributed by atoms with E-state index in [0.29, 0.717) is 29.7 Å². The van der Waals surface area contributed by atoms with Crippen molar-refractivity contribution in [1.29, 1.82) is 0 Å². The SMILES string of the molecule is CCOC(=O)C1=C(C)NC2=C(C(=O)CC(c3ccc(N(C)C)cc3)C2)C1c1cccc(OC)c1. The van der Waals surface area contributed by atoms with Crippen LogP contribution in [0.2, 0.25) is 0 Å². The quantitative estimate of drug-likeness (QED) is 0.631. The van der Waals surface area contributed by atoms with Gasteiger partial charge in [0.05, 0.1) is 19.3 Å². The molecule has 0 saturated carbocycles. The molecule has 0 fully saturated rings. The first kappa shape index (κ1) is 23.6. The maximum atomic E-state index is 13.6. The summed E-state index contributed by atoms with van der Waals surface area (Å²) >= 11 is 0. The predicted molar refractivity (Wildman–Crippen MR) is 133 cm³/mol. The molecule has 1 N–H and O–H groups in total. The Morgan fingerprint density at radius 2 is 1.82 bits per heavy atom. The number of hydrogen-bond acceptors (Lipinski definition) is 6. The summed E-state index contributed by atoms with van der Waals surface area (Å²) in [6, 6.07) is 16.0. The van der Waals surface area contributed by atoms with Crippen molar-refractivity contribution in [3.63, 3.8) is 0 Å². The minimum atomic E-state index is -0.491. The highest BCUT2D eigenvalue weighted by molar-refractivity contribution is 6.04. The molecule has 34 heavy (non-hydrogen) atoms. The number of hydrogen-bond donors (Lipinski definition) is 1. The summed E-state index contributed by atoms with van der Waals surface area (Å²) in [7, 11) is 5.63. The Kier molecular flexibility index (Phi) is 6.77. The molecule has 2 unspecified atom stereocenters. The average Bonchev–Trinajstić information content (AvgIpc) is 2.83. The molecule has 178 valence electrons. The molecule has 0 bridgehead atoms. The number of carbonyl (C=O) groups excluding carboxylic acids is 2. The normalized spacial score (nSPS) is 20.0. The molecule has 1 aliphatic heterocycles. The van der Waals surface area contributed by atoms with Crippen LogP contribution in [0.1, 0.15) is 49.7 Å². The van der Waals surface area contributed by atoms with Gasteiger partial charge in [0.2, 0.25) is 0 Å². The minimum Gasteiger partial charge on any atom is -0.497 e. The monoisotopic (exact) mass is 460 g/mol. The van der Waals surface area contributed by atoms with Gasteiger partial charge in [-0.25, -0.2) is 4.79 Å². The number of rotatable bonds is 6. The van der Waals surface area contributed by atoms with Gasteiger partial charge in [-0.05, 0) is 61.6 Å². The topological polar surface area (TPSA) is 67.9 Å². The Balaban J connectivity index is 1.76. The first-order valence-electron chi connectivity index (χ1n) is 11.7. The first-order valence-corrected chi connectivity index (χ1v) is 11.7. The standard InChI is InChI=1S/C28H32N2O4/c1-6-34-28(32)25-17(2)29-23-15-20(18-10-12-21(13-11-18)30(3)4)16-24(31)27(23)26(25)19-8-7-9-22(14-19)33-5/h7-14,20,26,29H,6,15-16H2,1-5H3. The van der Waals surface area contributed by atoms with Crippen LogP contribution in [-0.2, 0) is 14.3 Å². The van der Waals surface area contributed by atoms with Gasteiger partial charge in [-0.3, -0.25) is 4.79 Å². The molecule has 0 amide bonds. The Morgan fingerprint density at radius 1 is 1.09 bits per heavy atom. The number of allylic oxidation sites excluding steroid dienone is 3. The highest BCUT2D eigenvalue weighted by Crippen LogP contribution is 2.46. The third-order valence-electron chi connectivity index (χ3n) is 6.63. The Labute approximate surface area is 201 Å². The summed E-state index contributed by atoms with van der Waals surface area (Å²) in [6.07, 6.45) is 1.10. The van der Waals surface area contributed by atoms with Crippen LogP contribution in [0.25, 0.3) is 0 Å². The van der Waals surface area contributed by atoms with E-state index in [-0.39, 0.29) is 18.3 Å². The largest absolute Gasteiger partial charge is 0.497 e. The summed E-state index contributed by atoms with van der Waals surface area (Å²) in [5.74, 6) is -0.0763. The maximum Gasteiger partial charge on any atom is 0.336 e. The molecule has 0 aromatic heterocycles. The van der Waals surface area contributed by atoms with Crippen LogP contribution in [0.4, 0.5) is 5.69 Å². The third-order valence-corrected chi connectivity index (χ3v) is 6.63. The summed E-state index contributed by atoms with van der Waals surface area (Å²) < 4.78 is 10.8. The van der Waals surface area contributed by atoms with E-state index in [2.05, 4.69) is 34.5 Å². The fourth-order valence-electron chi connectivity index (χ4n) is 4.95. The summed E-state index contributed by atoms with van der Waals surface area (Å²) in [6.45, 7) is 3.93. The molecule has 1 aliphatic carbocycles. The second-order valence-electron chi connectivity index (χ2n) is 9.00. The fourth-order valence-corrected chi connectivity index (χ4v) is 4.95. The van der Waals surface area contributed by atoms with E-state index >= 15 is 0 Å². The molecule has 2 aromatic carbocycles. The third kappa shape index (κ3) is 4.45. The van der Waals surface area contributed by atoms with E-state index < -0.39 is 11.9 Å². The van der Waals surface area contributed by atoms with Crippen molar-refractivity contribution in [2.24, 2.45) is 0 Å². The molecule has 2 atom stereocenters. The van der Waals surface area contributed by atoms with E-state index in [0.717, 1.165) is 28.2 Å². The number of ketones is 1. The van der Waals surface area contributed by atoms with Crippen molar-refractivity contribution in [3.05, 3.63) is 82.2 Å². The van der Waals surface area contributed by atoms with Crippen LogP contribution >= 0.6 is 0 Å². The zero-order valence-corrected chi connectivity index (χ0v) is 20.5. The van der Waals surface area contributed by atoms with Crippen LogP contribution < -0.4 is 15.0 Å². The van der Waals surface area contributed by atoms with Gasteiger partial charge in [-0.15, -0.1) is 0 Å². The summed E-state index contributed by atoms with van der Waals surface area (Å²) in [5, 5.41) is 3.39. The van der Waals surface area contributed by atoms with Crippen molar-refractivity contribution >= 4 is 17.4 Å². The van der Waals surface area contributed by atoms with Crippen LogP contribution in [0.3, 0.4) is 0 Å². The van der Waals surface area contributed by atoms with Crippen LogP contribution in [0, 0.1) is 0 Å². The molecule has 0 spiro atoms. The number of nitrogens with one attached hydrogen (secondary N) is 1. The number of anilines is 1. The Morgan fingerprint density at radius 3 is 2.47 bits per heavy atom. The number of carbonyl (C=O) groups is 2. The van der Waals surface area contributed by atoms with Gasteiger partial charge in [-0.1, -0.05) is 24.3 Å². The molecular formula is C28H32N2O4. The van der Waals surface area contributed by atoms with E-state index in [1.54, 1.807) is 14.0 Å². The lowest BCUT2D eigenvalue weighted by Gasteiger charge is -2.36. The average molecular weight is 461 g/mol. The molecule has 4 rings (SSSR count). The second kappa shape index (κ2) is 9.75. The second-order valence-corrected chi connectivity index (χ2v) is 9.00. The number of Topliss-reactive ketones (excluding diaryl/α,β-unsaturated/α-hetero) is 1. The van der Waals surface area contributed by atoms with Gasteiger partial charge in [-0.2, -0.15) is 0 Å².